The molecule has 0 aliphatic rings. The first-order valence-corrected chi connectivity index (χ1v) is 26.1. The number of rotatable bonds is 48. The standard InChI is InChI=1S/C53H101NO5/c1-3-5-7-9-11-13-15-17-19-21-23-25-29-33-37-41-45-51(56)50(49-55)54-52(57)46-42-38-34-30-27-28-32-36-40-44-48-59-53(58)47-43-39-35-31-26-24-22-20-18-16-14-12-10-8-6-4-2/h28,32,41,45,50-51,55-56H,3-27,29-31,33-40,42-44,46-49H2,1-2H3,(H,54,57)/b32-28-,45-41+. The van der Waals surface area contributed by atoms with Gasteiger partial charge in [-0.05, 0) is 57.8 Å². The Morgan fingerprint density at radius 3 is 1.20 bits per heavy atom. The van der Waals surface area contributed by atoms with Gasteiger partial charge in [0, 0.05) is 12.8 Å². The topological polar surface area (TPSA) is 95.9 Å². The number of carbonyl (C=O) groups excluding carboxylic acids is 2. The number of carbonyl (C=O) groups is 2. The van der Waals surface area contributed by atoms with Gasteiger partial charge in [0.1, 0.15) is 0 Å². The number of hydrogen-bond acceptors (Lipinski definition) is 5. The van der Waals surface area contributed by atoms with Crippen molar-refractivity contribution in [1.29, 1.82) is 0 Å². The van der Waals surface area contributed by atoms with Crippen molar-refractivity contribution in [1.82, 2.24) is 5.32 Å². The summed E-state index contributed by atoms with van der Waals surface area (Å²) in [5.41, 5.74) is 0. The normalized spacial score (nSPS) is 12.8. The maximum Gasteiger partial charge on any atom is 0.305 e. The second kappa shape index (κ2) is 49.0. The van der Waals surface area contributed by atoms with Gasteiger partial charge in [-0.25, -0.2) is 0 Å². The lowest BCUT2D eigenvalue weighted by Gasteiger charge is -2.20. The van der Waals surface area contributed by atoms with Crippen LogP contribution in [-0.4, -0.2) is 47.4 Å². The molecule has 0 spiro atoms. The first-order chi connectivity index (χ1) is 29.0. The minimum absolute atomic E-state index is 0.0351. The number of amides is 1. The molecule has 0 radical (unpaired) electrons. The Labute approximate surface area is 367 Å². The molecule has 6 heteroatoms. The van der Waals surface area contributed by atoms with Gasteiger partial charge < -0.3 is 20.3 Å². The van der Waals surface area contributed by atoms with E-state index >= 15 is 0 Å². The van der Waals surface area contributed by atoms with Crippen molar-refractivity contribution in [3.63, 3.8) is 0 Å². The number of esters is 1. The Hall–Kier alpha value is -1.66. The van der Waals surface area contributed by atoms with Gasteiger partial charge in [-0.15, -0.1) is 0 Å². The van der Waals surface area contributed by atoms with Crippen molar-refractivity contribution >= 4 is 11.9 Å². The number of aliphatic hydroxyl groups is 2. The molecule has 59 heavy (non-hydrogen) atoms. The van der Waals surface area contributed by atoms with Crippen LogP contribution in [0.1, 0.15) is 277 Å². The zero-order valence-electron chi connectivity index (χ0n) is 39.5. The Morgan fingerprint density at radius 2 is 0.797 bits per heavy atom. The predicted octanol–water partition coefficient (Wildman–Crippen LogP) is 15.5. The maximum absolute atomic E-state index is 12.4. The van der Waals surface area contributed by atoms with Crippen LogP contribution in [0.5, 0.6) is 0 Å². The molecule has 0 aliphatic heterocycles. The second-order valence-electron chi connectivity index (χ2n) is 17.9. The molecule has 0 saturated carbocycles. The van der Waals surface area contributed by atoms with Crippen molar-refractivity contribution in [2.45, 2.75) is 289 Å². The highest BCUT2D eigenvalue weighted by Crippen LogP contribution is 2.16. The van der Waals surface area contributed by atoms with Crippen LogP contribution in [0.4, 0.5) is 0 Å². The number of hydrogen-bond donors (Lipinski definition) is 3. The second-order valence-corrected chi connectivity index (χ2v) is 17.9. The van der Waals surface area contributed by atoms with Crippen LogP contribution in [0, 0.1) is 0 Å². The molecule has 1 amide bonds. The fraction of sp³-hybridized carbons (Fsp3) is 0.887. The number of aliphatic hydroxyl groups excluding tert-OH is 2. The molecule has 3 N–H and O–H groups in total. The van der Waals surface area contributed by atoms with Gasteiger partial charge >= 0.3 is 5.97 Å². The molecule has 0 aromatic heterocycles. The third-order valence-corrected chi connectivity index (χ3v) is 12.0. The lowest BCUT2D eigenvalue weighted by Crippen LogP contribution is -2.45. The number of nitrogens with one attached hydrogen (secondary N) is 1. The predicted molar refractivity (Wildman–Crippen MR) is 255 cm³/mol. The minimum atomic E-state index is -0.865. The smallest absolute Gasteiger partial charge is 0.305 e. The summed E-state index contributed by atoms with van der Waals surface area (Å²) < 4.78 is 5.44. The number of allylic oxidation sites excluding steroid dienone is 3. The van der Waals surface area contributed by atoms with Crippen LogP contribution < -0.4 is 5.32 Å². The van der Waals surface area contributed by atoms with Gasteiger partial charge in [-0.3, -0.25) is 9.59 Å². The highest BCUT2D eigenvalue weighted by atomic mass is 16.5. The third-order valence-electron chi connectivity index (χ3n) is 12.0. The monoisotopic (exact) mass is 832 g/mol. The molecule has 0 aromatic carbocycles. The van der Waals surface area contributed by atoms with Crippen molar-refractivity contribution in [3.05, 3.63) is 24.3 Å². The molecule has 0 aromatic rings. The van der Waals surface area contributed by atoms with Gasteiger partial charge in [0.15, 0.2) is 0 Å². The summed E-state index contributed by atoms with van der Waals surface area (Å²) in [5.74, 6) is -0.138. The fourth-order valence-corrected chi connectivity index (χ4v) is 7.92. The minimum Gasteiger partial charge on any atom is -0.466 e. The highest BCUT2D eigenvalue weighted by Gasteiger charge is 2.18. The van der Waals surface area contributed by atoms with Crippen LogP contribution >= 0.6 is 0 Å². The van der Waals surface area contributed by atoms with E-state index in [1.54, 1.807) is 6.08 Å². The van der Waals surface area contributed by atoms with Crippen LogP contribution in [0.2, 0.25) is 0 Å². The van der Waals surface area contributed by atoms with Crippen LogP contribution in [0.3, 0.4) is 0 Å². The molecule has 0 rings (SSSR count). The Balaban J connectivity index is 3.55. The van der Waals surface area contributed by atoms with Crippen molar-refractivity contribution in [2.24, 2.45) is 0 Å². The summed E-state index contributed by atoms with van der Waals surface area (Å²) in [6, 6.07) is -0.652. The molecule has 0 saturated heterocycles. The van der Waals surface area contributed by atoms with E-state index in [4.69, 9.17) is 4.74 Å². The molecule has 0 bridgehead atoms. The van der Waals surface area contributed by atoms with Gasteiger partial charge in [0.2, 0.25) is 5.91 Å². The molecule has 0 fully saturated rings. The van der Waals surface area contributed by atoms with E-state index in [1.807, 2.05) is 6.08 Å². The van der Waals surface area contributed by atoms with E-state index in [2.05, 4.69) is 31.3 Å². The zero-order chi connectivity index (χ0) is 43.0. The first-order valence-electron chi connectivity index (χ1n) is 26.1. The lowest BCUT2D eigenvalue weighted by molar-refractivity contribution is -0.143. The summed E-state index contributed by atoms with van der Waals surface area (Å²) >= 11 is 0. The lowest BCUT2D eigenvalue weighted by atomic mass is 10.0. The molecule has 348 valence electrons. The number of ether oxygens (including phenoxy) is 1. The summed E-state index contributed by atoms with van der Waals surface area (Å²) in [5, 5.41) is 23.0. The Morgan fingerprint density at radius 1 is 0.458 bits per heavy atom. The average molecular weight is 832 g/mol. The van der Waals surface area contributed by atoms with Gasteiger partial charge in [-0.1, -0.05) is 231 Å². The van der Waals surface area contributed by atoms with E-state index in [-0.39, 0.29) is 18.5 Å². The molecule has 0 aliphatic carbocycles. The summed E-state index contributed by atoms with van der Waals surface area (Å²) in [7, 11) is 0. The van der Waals surface area contributed by atoms with E-state index in [0.717, 1.165) is 77.0 Å². The van der Waals surface area contributed by atoms with Crippen LogP contribution in [0.25, 0.3) is 0 Å². The third kappa shape index (κ3) is 45.7. The van der Waals surface area contributed by atoms with Crippen molar-refractivity contribution in [3.8, 4) is 0 Å². The van der Waals surface area contributed by atoms with E-state index in [1.165, 1.54) is 173 Å². The zero-order valence-corrected chi connectivity index (χ0v) is 39.5. The molecule has 6 nitrogen and oxygen atoms in total. The highest BCUT2D eigenvalue weighted by molar-refractivity contribution is 5.76. The van der Waals surface area contributed by atoms with Gasteiger partial charge in [0.25, 0.3) is 0 Å². The first kappa shape index (κ1) is 57.3. The van der Waals surface area contributed by atoms with Crippen LogP contribution in [0.15, 0.2) is 24.3 Å². The molecular weight excluding hydrogens is 731 g/mol. The largest absolute Gasteiger partial charge is 0.466 e. The van der Waals surface area contributed by atoms with Crippen molar-refractivity contribution < 1.29 is 24.5 Å². The van der Waals surface area contributed by atoms with Gasteiger partial charge in [-0.2, -0.15) is 0 Å². The van der Waals surface area contributed by atoms with Crippen molar-refractivity contribution in [2.75, 3.05) is 13.2 Å². The van der Waals surface area contributed by atoms with E-state index in [9.17, 15) is 19.8 Å². The quantitative estimate of drug-likeness (QED) is 0.0322. The van der Waals surface area contributed by atoms with E-state index < -0.39 is 12.1 Å². The molecule has 2 unspecified atom stereocenters. The summed E-state index contributed by atoms with van der Waals surface area (Å²) in [4.78, 5) is 24.5. The average Bonchev–Trinajstić information content (AvgIpc) is 3.24. The van der Waals surface area contributed by atoms with Crippen LogP contribution in [-0.2, 0) is 14.3 Å². The summed E-state index contributed by atoms with van der Waals surface area (Å²) in [6.07, 6.45) is 57.5. The Kier molecular flexibility index (Phi) is 47.6. The SMILES string of the molecule is CCCCCCCCCCCCCCCC/C=C/C(O)C(CO)NC(=O)CCCCCC/C=C\CCCCOC(=O)CCCCCCCCCCCCCCCCCC. The fourth-order valence-electron chi connectivity index (χ4n) is 7.92. The molecular formula is C53H101NO5. The molecule has 2 atom stereocenters. The summed E-state index contributed by atoms with van der Waals surface area (Å²) in [6.45, 7) is 4.82. The van der Waals surface area contributed by atoms with E-state index in [0.29, 0.717) is 19.4 Å². The number of unbranched alkanes of at least 4 members (excludes halogenated alkanes) is 35. The maximum atomic E-state index is 12.4. The Bertz CT molecular complexity index is 920. The molecule has 0 heterocycles. The van der Waals surface area contributed by atoms with Gasteiger partial charge in [0.05, 0.1) is 25.4 Å².